The maximum Gasteiger partial charge on any atom is 0.157 e. The van der Waals surface area contributed by atoms with E-state index in [0.29, 0.717) is 0 Å². The van der Waals surface area contributed by atoms with Crippen molar-refractivity contribution >= 4 is 0 Å². The minimum Gasteiger partial charge on any atom is -0.342 e. The Morgan fingerprint density at radius 2 is 2.38 bits per heavy atom. The molecule has 0 aliphatic rings. The third-order valence-corrected chi connectivity index (χ3v) is 1.08. The van der Waals surface area contributed by atoms with Crippen molar-refractivity contribution in [2.45, 2.75) is 20.3 Å². The van der Waals surface area contributed by atoms with Crippen LogP contribution in [0.4, 0.5) is 0 Å². The van der Waals surface area contributed by atoms with Crippen LogP contribution in [0.15, 0.2) is 4.52 Å². The Balaban J connectivity index is 2.92. The highest BCUT2D eigenvalue weighted by Crippen LogP contribution is 2.00. The zero-order valence-electron chi connectivity index (χ0n) is 5.01. The van der Waals surface area contributed by atoms with Gasteiger partial charge in [0.25, 0.3) is 0 Å². The van der Waals surface area contributed by atoms with Gasteiger partial charge in [-0.15, -0.1) is 5.10 Å². The molecule has 1 aromatic heterocycles. The molecule has 0 N–H and O–H groups in total. The van der Waals surface area contributed by atoms with Gasteiger partial charge in [-0.1, -0.05) is 6.92 Å². The topological polar surface area (TPSA) is 38.9 Å². The standard InChI is InChI=1S/C5H8N2O/c1-3-5-4(2)8-7-6-5/h3H2,1-2H3. The van der Waals surface area contributed by atoms with Gasteiger partial charge in [0.2, 0.25) is 0 Å². The summed E-state index contributed by atoms with van der Waals surface area (Å²) in [4.78, 5) is 0. The van der Waals surface area contributed by atoms with Gasteiger partial charge in [-0.3, -0.25) is 0 Å². The molecule has 0 amide bonds. The van der Waals surface area contributed by atoms with Gasteiger partial charge in [0.1, 0.15) is 5.69 Å². The van der Waals surface area contributed by atoms with Gasteiger partial charge in [-0.25, -0.2) is 0 Å². The second-order valence-electron chi connectivity index (χ2n) is 1.63. The fourth-order valence-corrected chi connectivity index (χ4v) is 0.574. The van der Waals surface area contributed by atoms with Crippen molar-refractivity contribution in [2.24, 2.45) is 0 Å². The zero-order valence-corrected chi connectivity index (χ0v) is 5.01. The number of hydrogen-bond acceptors (Lipinski definition) is 3. The molecule has 0 saturated carbocycles. The molecular weight excluding hydrogens is 104 g/mol. The summed E-state index contributed by atoms with van der Waals surface area (Å²) < 4.78 is 4.69. The van der Waals surface area contributed by atoms with E-state index >= 15 is 0 Å². The van der Waals surface area contributed by atoms with E-state index < -0.39 is 0 Å². The smallest absolute Gasteiger partial charge is 0.157 e. The van der Waals surface area contributed by atoms with E-state index in [9.17, 15) is 0 Å². The molecule has 0 bridgehead atoms. The highest BCUT2D eigenvalue weighted by Gasteiger charge is 1.98. The molecule has 1 heterocycles. The summed E-state index contributed by atoms with van der Waals surface area (Å²) in [7, 11) is 0. The Bertz CT molecular complexity index is 171. The molecule has 0 radical (unpaired) electrons. The van der Waals surface area contributed by atoms with Gasteiger partial charge in [-0.05, 0) is 13.3 Å². The van der Waals surface area contributed by atoms with Crippen LogP contribution in [0, 0.1) is 6.92 Å². The summed E-state index contributed by atoms with van der Waals surface area (Å²) in [5.41, 5.74) is 0.949. The molecule has 0 aromatic carbocycles. The van der Waals surface area contributed by atoms with Crippen LogP contribution in [0.2, 0.25) is 0 Å². The maximum absolute atomic E-state index is 4.69. The predicted molar refractivity (Wildman–Crippen MR) is 28.4 cm³/mol. The van der Waals surface area contributed by atoms with Crippen LogP contribution < -0.4 is 0 Å². The fraction of sp³-hybridized carbons (Fsp3) is 0.600. The van der Waals surface area contributed by atoms with Crippen LogP contribution in [0.5, 0.6) is 0 Å². The second-order valence-corrected chi connectivity index (χ2v) is 1.63. The van der Waals surface area contributed by atoms with E-state index in [2.05, 4.69) is 10.4 Å². The molecule has 8 heavy (non-hydrogen) atoms. The quantitative estimate of drug-likeness (QED) is 0.542. The Hall–Kier alpha value is -0.860. The molecule has 0 unspecified atom stereocenters. The Kier molecular flexibility index (Phi) is 1.28. The fourth-order valence-electron chi connectivity index (χ4n) is 0.574. The molecule has 0 saturated heterocycles. The van der Waals surface area contributed by atoms with Crippen molar-refractivity contribution in [1.29, 1.82) is 0 Å². The summed E-state index contributed by atoms with van der Waals surface area (Å²) in [5, 5.41) is 7.09. The highest BCUT2D eigenvalue weighted by molar-refractivity contribution is 5.00. The average Bonchev–Trinajstić information content (AvgIpc) is 2.14. The highest BCUT2D eigenvalue weighted by atomic mass is 16.5. The first kappa shape index (κ1) is 5.28. The van der Waals surface area contributed by atoms with E-state index in [-0.39, 0.29) is 0 Å². The molecule has 0 fully saturated rings. The number of nitrogens with zero attached hydrogens (tertiary/aromatic N) is 2. The van der Waals surface area contributed by atoms with Crippen LogP contribution in [0.25, 0.3) is 0 Å². The first-order valence-corrected chi connectivity index (χ1v) is 2.62. The molecule has 1 aromatic rings. The van der Waals surface area contributed by atoms with Crippen molar-refractivity contribution in [3.63, 3.8) is 0 Å². The number of rotatable bonds is 1. The molecule has 1 rings (SSSR count). The monoisotopic (exact) mass is 112 g/mol. The lowest BCUT2D eigenvalue weighted by Crippen LogP contribution is -1.80. The second kappa shape index (κ2) is 1.94. The SMILES string of the molecule is CCc1nnoc1C. The Labute approximate surface area is 47.7 Å². The van der Waals surface area contributed by atoms with E-state index in [1.807, 2.05) is 13.8 Å². The molecular formula is C5H8N2O. The van der Waals surface area contributed by atoms with E-state index in [0.717, 1.165) is 17.9 Å². The maximum atomic E-state index is 4.69. The Morgan fingerprint density at radius 1 is 1.62 bits per heavy atom. The molecule has 0 aliphatic heterocycles. The van der Waals surface area contributed by atoms with Crippen molar-refractivity contribution < 1.29 is 4.52 Å². The summed E-state index contributed by atoms with van der Waals surface area (Å²) in [6.45, 7) is 3.88. The van der Waals surface area contributed by atoms with Gasteiger partial charge in [-0.2, -0.15) is 0 Å². The third kappa shape index (κ3) is 0.710. The van der Waals surface area contributed by atoms with Gasteiger partial charge in [0.05, 0.1) is 0 Å². The molecule has 0 atom stereocenters. The lowest BCUT2D eigenvalue weighted by atomic mass is 10.3. The minimum atomic E-state index is 0.826. The molecule has 0 aliphatic carbocycles. The number of aromatic nitrogens is 2. The zero-order chi connectivity index (χ0) is 5.98. The largest absolute Gasteiger partial charge is 0.342 e. The van der Waals surface area contributed by atoms with Crippen LogP contribution in [0.3, 0.4) is 0 Å². The average molecular weight is 112 g/mol. The first-order valence-electron chi connectivity index (χ1n) is 2.62. The van der Waals surface area contributed by atoms with Gasteiger partial charge < -0.3 is 4.52 Å². The lowest BCUT2D eigenvalue weighted by molar-refractivity contribution is 0.373. The predicted octanol–water partition coefficient (Wildman–Crippen LogP) is 0.940. The van der Waals surface area contributed by atoms with Gasteiger partial charge in [0, 0.05) is 5.27 Å². The van der Waals surface area contributed by atoms with Crippen molar-refractivity contribution in [2.75, 3.05) is 0 Å². The number of aryl methyl sites for hydroxylation is 2. The van der Waals surface area contributed by atoms with E-state index in [1.165, 1.54) is 0 Å². The minimum absolute atomic E-state index is 0.826. The summed E-state index contributed by atoms with van der Waals surface area (Å²) in [6, 6.07) is 0. The van der Waals surface area contributed by atoms with Crippen molar-refractivity contribution in [3.8, 4) is 0 Å². The van der Waals surface area contributed by atoms with Crippen molar-refractivity contribution in [3.05, 3.63) is 11.5 Å². The summed E-state index contributed by atoms with van der Waals surface area (Å²) >= 11 is 0. The van der Waals surface area contributed by atoms with E-state index in [1.54, 1.807) is 0 Å². The summed E-state index contributed by atoms with van der Waals surface area (Å²) in [5.74, 6) is 0.826. The summed E-state index contributed by atoms with van der Waals surface area (Å²) in [6.07, 6.45) is 0.898. The first-order chi connectivity index (χ1) is 3.84. The normalized spacial score (nSPS) is 9.75. The van der Waals surface area contributed by atoms with Crippen LogP contribution in [-0.2, 0) is 6.42 Å². The molecule has 3 heteroatoms. The van der Waals surface area contributed by atoms with Gasteiger partial charge >= 0.3 is 0 Å². The number of hydrogen-bond donors (Lipinski definition) is 0. The van der Waals surface area contributed by atoms with Crippen LogP contribution >= 0.6 is 0 Å². The van der Waals surface area contributed by atoms with Crippen LogP contribution in [-0.4, -0.2) is 10.4 Å². The van der Waals surface area contributed by atoms with Gasteiger partial charge in [0.15, 0.2) is 5.76 Å². The molecule has 3 nitrogen and oxygen atoms in total. The third-order valence-electron chi connectivity index (χ3n) is 1.08. The lowest BCUT2D eigenvalue weighted by Gasteiger charge is -1.80. The molecule has 0 spiro atoms. The van der Waals surface area contributed by atoms with E-state index in [4.69, 9.17) is 4.52 Å². The molecule has 44 valence electrons. The Morgan fingerprint density at radius 3 is 2.62 bits per heavy atom. The van der Waals surface area contributed by atoms with Crippen LogP contribution in [0.1, 0.15) is 18.4 Å². The van der Waals surface area contributed by atoms with Crippen molar-refractivity contribution in [1.82, 2.24) is 10.4 Å².